The van der Waals surface area contributed by atoms with Gasteiger partial charge in [-0.05, 0) is 84.9 Å². The Bertz CT molecular complexity index is 953. The largest absolute Gasteiger partial charge is 0.393 e. The molecule has 35 heavy (non-hydrogen) atoms. The van der Waals surface area contributed by atoms with Crippen molar-refractivity contribution in [1.82, 2.24) is 0 Å². The average Bonchev–Trinajstić information content (AvgIpc) is 3.12. The van der Waals surface area contributed by atoms with Gasteiger partial charge in [0.25, 0.3) is 10.1 Å². The van der Waals surface area contributed by atoms with Gasteiger partial charge in [-0.1, -0.05) is 32.9 Å². The third-order valence-corrected chi connectivity index (χ3v) is 12.0. The highest BCUT2D eigenvalue weighted by molar-refractivity contribution is 7.87. The van der Waals surface area contributed by atoms with E-state index >= 15 is 0 Å². The normalized spacial score (nSPS) is 46.9. The first-order chi connectivity index (χ1) is 16.2. The summed E-state index contributed by atoms with van der Waals surface area (Å²) >= 11 is 0. The van der Waals surface area contributed by atoms with E-state index in [1.807, 2.05) is 6.08 Å². The Morgan fingerprint density at radius 1 is 1.11 bits per heavy atom. The molecule has 4 aliphatic rings. The molecule has 200 valence electrons. The van der Waals surface area contributed by atoms with Crippen LogP contribution in [0.2, 0.25) is 0 Å². The van der Waals surface area contributed by atoms with Crippen molar-refractivity contribution in [2.24, 2.45) is 52.1 Å². The molecule has 0 spiro atoms. The molecule has 0 aromatic rings. The number of carbonyl (C=O) groups excluding carboxylic acids is 1. The zero-order valence-electron chi connectivity index (χ0n) is 21.1. The summed E-state index contributed by atoms with van der Waals surface area (Å²) in [6, 6.07) is 0. The summed E-state index contributed by atoms with van der Waals surface area (Å²) in [4.78, 5) is 12.5. The zero-order valence-corrected chi connectivity index (χ0v) is 21.9. The summed E-state index contributed by atoms with van der Waals surface area (Å²) in [7, 11) is -4.52. The van der Waals surface area contributed by atoms with Crippen LogP contribution >= 0.6 is 0 Å². The van der Waals surface area contributed by atoms with Crippen molar-refractivity contribution in [2.75, 3.05) is 6.54 Å². The molecular formula is C26H43NO7S. The van der Waals surface area contributed by atoms with Crippen molar-refractivity contribution >= 4 is 15.9 Å². The lowest BCUT2D eigenvalue weighted by Gasteiger charge is -2.62. The fourth-order valence-corrected chi connectivity index (χ4v) is 9.54. The number of Topliss-reactive ketones (excluding diaryl/α,β-unsaturated/α-hetero) is 1. The molecule has 12 unspecified atom stereocenters. The SMILES string of the molecule is CC(CCC(=O)C(CN)S(=O)(=O)O)C1CCC2C3C(O)CC4CC(O)C=CC4(C)C3CC(O)C12C. The number of fused-ring (bicyclic) bond motifs is 5. The monoisotopic (exact) mass is 513 g/mol. The fourth-order valence-electron chi connectivity index (χ4n) is 8.85. The molecule has 0 radical (unpaired) electrons. The Labute approximate surface area is 209 Å². The molecule has 3 fully saturated rings. The van der Waals surface area contributed by atoms with Gasteiger partial charge >= 0.3 is 0 Å². The van der Waals surface area contributed by atoms with Gasteiger partial charge in [0.1, 0.15) is 0 Å². The van der Waals surface area contributed by atoms with Crippen LogP contribution in [0.15, 0.2) is 12.2 Å². The fraction of sp³-hybridized carbons (Fsp3) is 0.885. The number of hydrogen-bond acceptors (Lipinski definition) is 7. The van der Waals surface area contributed by atoms with E-state index in [2.05, 4.69) is 26.8 Å². The highest BCUT2D eigenvalue weighted by atomic mass is 32.2. The predicted octanol–water partition coefficient (Wildman–Crippen LogP) is 1.92. The summed E-state index contributed by atoms with van der Waals surface area (Å²) < 4.78 is 32.3. The number of allylic oxidation sites excluding steroid dienone is 1. The molecule has 4 aliphatic carbocycles. The number of aliphatic hydroxyl groups excluding tert-OH is 3. The minimum Gasteiger partial charge on any atom is -0.393 e. The maximum absolute atomic E-state index is 12.5. The van der Waals surface area contributed by atoms with Gasteiger partial charge in [0.15, 0.2) is 11.0 Å². The van der Waals surface area contributed by atoms with E-state index in [0.29, 0.717) is 25.7 Å². The lowest BCUT2D eigenvalue weighted by molar-refractivity contribution is -0.187. The number of rotatable bonds is 7. The molecule has 9 heteroatoms. The van der Waals surface area contributed by atoms with Gasteiger partial charge in [-0.15, -0.1) is 0 Å². The van der Waals surface area contributed by atoms with Gasteiger partial charge in [0.2, 0.25) is 0 Å². The molecule has 12 atom stereocenters. The summed E-state index contributed by atoms with van der Waals surface area (Å²) in [5.74, 6) is 0.193. The van der Waals surface area contributed by atoms with Crippen LogP contribution in [0.1, 0.15) is 65.7 Å². The number of aliphatic hydroxyl groups is 3. The van der Waals surface area contributed by atoms with Crippen LogP contribution in [0.3, 0.4) is 0 Å². The van der Waals surface area contributed by atoms with Gasteiger partial charge in [-0.25, -0.2) is 0 Å². The van der Waals surface area contributed by atoms with E-state index in [1.54, 1.807) is 0 Å². The molecule has 0 heterocycles. The van der Waals surface area contributed by atoms with Gasteiger partial charge < -0.3 is 21.1 Å². The second-order valence-electron chi connectivity index (χ2n) is 12.3. The Balaban J connectivity index is 1.53. The van der Waals surface area contributed by atoms with Crippen LogP contribution in [0, 0.1) is 46.3 Å². The van der Waals surface area contributed by atoms with Crippen LogP contribution in [0.25, 0.3) is 0 Å². The molecule has 6 N–H and O–H groups in total. The van der Waals surface area contributed by atoms with Crippen molar-refractivity contribution < 1.29 is 33.1 Å². The van der Waals surface area contributed by atoms with Gasteiger partial charge in [0, 0.05) is 13.0 Å². The Morgan fingerprint density at radius 3 is 2.43 bits per heavy atom. The van der Waals surface area contributed by atoms with Gasteiger partial charge in [-0.2, -0.15) is 8.42 Å². The van der Waals surface area contributed by atoms with Crippen molar-refractivity contribution in [1.29, 1.82) is 0 Å². The first-order valence-corrected chi connectivity index (χ1v) is 14.7. The predicted molar refractivity (Wildman–Crippen MR) is 132 cm³/mol. The van der Waals surface area contributed by atoms with Crippen LogP contribution in [0.5, 0.6) is 0 Å². The first-order valence-electron chi connectivity index (χ1n) is 13.2. The Hall–Kier alpha value is -0.840. The standard InChI is InChI=1S/C26H43NO7S/c1-14(4-7-20(29)22(13-27)35(32,33)34)17-5-6-18-24-19(12-23(31)26(17,18)3)25(2)9-8-16(28)10-15(25)11-21(24)30/h8-9,14-19,21-24,28,30-31H,4-7,10-13,27H2,1-3H3,(H,32,33,34). The van der Waals surface area contributed by atoms with Crippen LogP contribution in [-0.4, -0.2) is 64.2 Å². The molecule has 0 aliphatic heterocycles. The van der Waals surface area contributed by atoms with Crippen molar-refractivity contribution in [3.05, 3.63) is 12.2 Å². The third kappa shape index (κ3) is 4.44. The lowest BCUT2D eigenvalue weighted by atomic mass is 9.44. The van der Waals surface area contributed by atoms with E-state index in [9.17, 15) is 33.1 Å². The van der Waals surface area contributed by atoms with Gasteiger partial charge in [0.05, 0.1) is 18.3 Å². The quantitative estimate of drug-likeness (QED) is 0.255. The summed E-state index contributed by atoms with van der Waals surface area (Å²) in [5, 5.41) is 31.5. The highest BCUT2D eigenvalue weighted by Gasteiger charge is 2.65. The van der Waals surface area contributed by atoms with E-state index in [0.717, 1.165) is 12.8 Å². The second-order valence-corrected chi connectivity index (χ2v) is 13.9. The van der Waals surface area contributed by atoms with Gasteiger partial charge in [-0.3, -0.25) is 9.35 Å². The topological polar surface area (TPSA) is 158 Å². The molecule has 0 saturated heterocycles. The third-order valence-electron chi connectivity index (χ3n) is 10.8. The van der Waals surface area contributed by atoms with Crippen LogP contribution < -0.4 is 5.73 Å². The summed E-state index contributed by atoms with van der Waals surface area (Å²) in [6.07, 6.45) is 6.68. The molecule has 0 aromatic heterocycles. The van der Waals surface area contributed by atoms with Crippen molar-refractivity contribution in [3.63, 3.8) is 0 Å². The second kappa shape index (κ2) is 9.48. The minimum absolute atomic E-state index is 0.0116. The number of nitrogens with two attached hydrogens (primary N) is 1. The zero-order chi connectivity index (χ0) is 25.9. The van der Waals surface area contributed by atoms with E-state index in [4.69, 9.17) is 5.73 Å². The van der Waals surface area contributed by atoms with E-state index in [1.165, 1.54) is 0 Å². The van der Waals surface area contributed by atoms with Crippen LogP contribution in [-0.2, 0) is 14.9 Å². The molecule has 0 aromatic carbocycles. The maximum atomic E-state index is 12.5. The molecule has 0 amide bonds. The van der Waals surface area contributed by atoms with Crippen molar-refractivity contribution in [3.8, 4) is 0 Å². The Morgan fingerprint density at radius 2 is 1.80 bits per heavy atom. The lowest BCUT2D eigenvalue weighted by Crippen LogP contribution is -2.61. The maximum Gasteiger partial charge on any atom is 0.276 e. The summed E-state index contributed by atoms with van der Waals surface area (Å²) in [6.45, 7) is 5.97. The van der Waals surface area contributed by atoms with Crippen LogP contribution in [0.4, 0.5) is 0 Å². The first kappa shape index (κ1) is 27.2. The van der Waals surface area contributed by atoms with Crippen molar-refractivity contribution in [2.45, 2.75) is 89.3 Å². The number of ketones is 1. The average molecular weight is 514 g/mol. The molecule has 3 saturated carbocycles. The molecule has 8 nitrogen and oxygen atoms in total. The smallest absolute Gasteiger partial charge is 0.276 e. The van der Waals surface area contributed by atoms with E-state index < -0.39 is 51.4 Å². The molecular weight excluding hydrogens is 470 g/mol. The number of carbonyl (C=O) groups is 1. The number of hydrogen-bond donors (Lipinski definition) is 5. The summed E-state index contributed by atoms with van der Waals surface area (Å²) in [5.41, 5.74) is 4.86. The Kier molecular flexibility index (Phi) is 7.36. The molecule has 0 bridgehead atoms. The molecule has 4 rings (SSSR count). The highest BCUT2D eigenvalue weighted by Crippen LogP contribution is 2.67. The van der Waals surface area contributed by atoms with E-state index in [-0.39, 0.29) is 47.3 Å². The minimum atomic E-state index is -4.52.